The van der Waals surface area contributed by atoms with Crippen LogP contribution in [0.3, 0.4) is 0 Å². The van der Waals surface area contributed by atoms with Gasteiger partial charge in [0.2, 0.25) is 10.0 Å². The van der Waals surface area contributed by atoms with Crippen LogP contribution in [0, 0.1) is 5.41 Å². The van der Waals surface area contributed by atoms with E-state index in [4.69, 9.17) is 4.74 Å². The van der Waals surface area contributed by atoms with Crippen LogP contribution >= 0.6 is 12.4 Å². The Labute approximate surface area is 145 Å². The van der Waals surface area contributed by atoms with Gasteiger partial charge in [0.1, 0.15) is 5.75 Å². The van der Waals surface area contributed by atoms with Crippen molar-refractivity contribution in [1.29, 1.82) is 0 Å². The fourth-order valence-electron chi connectivity index (χ4n) is 2.53. The number of halogens is 1. The summed E-state index contributed by atoms with van der Waals surface area (Å²) in [6.45, 7) is 8.37. The van der Waals surface area contributed by atoms with Crippen LogP contribution in [0.1, 0.15) is 33.6 Å². The van der Waals surface area contributed by atoms with Crippen LogP contribution in [-0.4, -0.2) is 34.2 Å². The van der Waals surface area contributed by atoms with Gasteiger partial charge in [-0.1, -0.05) is 6.92 Å². The summed E-state index contributed by atoms with van der Waals surface area (Å²) in [5, 5.41) is 3.30. The SMILES string of the molecule is CC(C)Oc1ccc(S(=O)(=O)NCC2(C)CCNCC2)cc1.Cl. The van der Waals surface area contributed by atoms with E-state index in [1.807, 2.05) is 13.8 Å². The average molecular weight is 363 g/mol. The Bertz CT molecular complexity index is 582. The second-order valence-electron chi connectivity index (χ2n) is 6.52. The Morgan fingerprint density at radius 3 is 2.30 bits per heavy atom. The molecule has 0 radical (unpaired) electrons. The van der Waals surface area contributed by atoms with Crippen molar-refractivity contribution in [2.24, 2.45) is 5.41 Å². The van der Waals surface area contributed by atoms with Crippen molar-refractivity contribution < 1.29 is 13.2 Å². The second-order valence-corrected chi connectivity index (χ2v) is 8.29. The molecule has 2 rings (SSSR count). The first-order chi connectivity index (χ1) is 10.3. The van der Waals surface area contributed by atoms with Gasteiger partial charge >= 0.3 is 0 Å². The van der Waals surface area contributed by atoms with Gasteiger partial charge in [-0.3, -0.25) is 0 Å². The molecule has 0 amide bonds. The van der Waals surface area contributed by atoms with E-state index < -0.39 is 10.0 Å². The van der Waals surface area contributed by atoms with Crippen LogP contribution in [0.25, 0.3) is 0 Å². The van der Waals surface area contributed by atoms with Crippen LogP contribution in [0.4, 0.5) is 0 Å². The summed E-state index contributed by atoms with van der Waals surface area (Å²) in [6.07, 6.45) is 2.04. The molecular formula is C16H27ClN2O3S. The van der Waals surface area contributed by atoms with E-state index in [0.29, 0.717) is 12.3 Å². The molecule has 23 heavy (non-hydrogen) atoms. The first-order valence-corrected chi connectivity index (χ1v) is 9.26. The molecule has 0 atom stereocenters. The van der Waals surface area contributed by atoms with E-state index in [-0.39, 0.29) is 28.8 Å². The summed E-state index contributed by atoms with van der Waals surface area (Å²) >= 11 is 0. The zero-order chi connectivity index (χ0) is 16.2. The third-order valence-corrected chi connectivity index (χ3v) is 5.42. The van der Waals surface area contributed by atoms with Crippen molar-refractivity contribution in [2.45, 2.75) is 44.6 Å². The van der Waals surface area contributed by atoms with E-state index in [1.54, 1.807) is 24.3 Å². The number of ether oxygens (including phenoxy) is 1. The van der Waals surface area contributed by atoms with Gasteiger partial charge in [0.15, 0.2) is 0 Å². The molecule has 5 nitrogen and oxygen atoms in total. The molecule has 7 heteroatoms. The summed E-state index contributed by atoms with van der Waals surface area (Å²) in [6, 6.07) is 6.57. The van der Waals surface area contributed by atoms with Crippen molar-refractivity contribution in [1.82, 2.24) is 10.0 Å². The Morgan fingerprint density at radius 1 is 1.22 bits per heavy atom. The highest BCUT2D eigenvalue weighted by atomic mass is 35.5. The first-order valence-electron chi connectivity index (χ1n) is 7.78. The van der Waals surface area contributed by atoms with E-state index in [0.717, 1.165) is 25.9 Å². The first kappa shape index (κ1) is 20.2. The van der Waals surface area contributed by atoms with Crippen molar-refractivity contribution in [3.63, 3.8) is 0 Å². The summed E-state index contributed by atoms with van der Waals surface area (Å²) < 4.78 is 33.0. The maximum absolute atomic E-state index is 12.4. The van der Waals surface area contributed by atoms with E-state index in [1.165, 1.54) is 0 Å². The molecule has 132 valence electrons. The molecule has 1 heterocycles. The zero-order valence-electron chi connectivity index (χ0n) is 14.0. The van der Waals surface area contributed by atoms with Gasteiger partial charge in [-0.15, -0.1) is 12.4 Å². The Balaban J connectivity index is 0.00000264. The summed E-state index contributed by atoms with van der Waals surface area (Å²) in [5.41, 5.74) is 0.0268. The minimum atomic E-state index is -3.47. The number of nitrogens with one attached hydrogen (secondary N) is 2. The minimum absolute atomic E-state index is 0. The Kier molecular flexibility index (Phi) is 7.32. The number of benzene rings is 1. The van der Waals surface area contributed by atoms with Crippen LogP contribution in [-0.2, 0) is 10.0 Å². The van der Waals surface area contributed by atoms with Crippen molar-refractivity contribution in [2.75, 3.05) is 19.6 Å². The van der Waals surface area contributed by atoms with Gasteiger partial charge in [-0.05, 0) is 69.5 Å². The topological polar surface area (TPSA) is 67.4 Å². The molecule has 0 bridgehead atoms. The number of sulfonamides is 1. The lowest BCUT2D eigenvalue weighted by molar-refractivity contribution is 0.232. The predicted molar refractivity (Wildman–Crippen MR) is 94.9 cm³/mol. The highest BCUT2D eigenvalue weighted by Crippen LogP contribution is 2.27. The number of rotatable bonds is 6. The summed E-state index contributed by atoms with van der Waals surface area (Å²) in [5.74, 6) is 0.680. The molecule has 1 saturated heterocycles. The van der Waals surface area contributed by atoms with Gasteiger partial charge in [-0.25, -0.2) is 13.1 Å². The molecule has 1 aromatic carbocycles. The van der Waals surface area contributed by atoms with E-state index in [2.05, 4.69) is 17.0 Å². The van der Waals surface area contributed by atoms with Crippen molar-refractivity contribution in [3.8, 4) is 5.75 Å². The van der Waals surface area contributed by atoms with Gasteiger partial charge in [0, 0.05) is 6.54 Å². The van der Waals surface area contributed by atoms with Gasteiger partial charge in [0.25, 0.3) is 0 Å². The normalized spacial score (nSPS) is 17.6. The fourth-order valence-corrected chi connectivity index (χ4v) is 3.73. The van der Waals surface area contributed by atoms with Gasteiger partial charge in [0.05, 0.1) is 11.0 Å². The maximum Gasteiger partial charge on any atom is 0.240 e. The molecule has 0 saturated carbocycles. The average Bonchev–Trinajstić information content (AvgIpc) is 2.46. The Morgan fingerprint density at radius 2 is 1.78 bits per heavy atom. The molecule has 1 aromatic rings. The van der Waals surface area contributed by atoms with Crippen LogP contribution in [0.2, 0.25) is 0 Å². The molecule has 1 aliphatic rings. The Hall–Kier alpha value is -0.820. The molecule has 1 aliphatic heterocycles. The lowest BCUT2D eigenvalue weighted by Crippen LogP contribution is -2.42. The summed E-state index contributed by atoms with van der Waals surface area (Å²) in [4.78, 5) is 0.279. The lowest BCUT2D eigenvalue weighted by atomic mass is 9.81. The highest BCUT2D eigenvalue weighted by Gasteiger charge is 2.28. The molecule has 2 N–H and O–H groups in total. The van der Waals surface area contributed by atoms with E-state index >= 15 is 0 Å². The maximum atomic E-state index is 12.4. The number of hydrogen-bond donors (Lipinski definition) is 2. The third-order valence-electron chi connectivity index (χ3n) is 4.01. The van der Waals surface area contributed by atoms with E-state index in [9.17, 15) is 8.42 Å². The smallest absolute Gasteiger partial charge is 0.240 e. The lowest BCUT2D eigenvalue weighted by Gasteiger charge is -2.34. The van der Waals surface area contributed by atoms with Gasteiger partial charge in [-0.2, -0.15) is 0 Å². The van der Waals surface area contributed by atoms with Crippen molar-refractivity contribution >= 4 is 22.4 Å². The molecule has 0 aromatic heterocycles. The van der Waals surface area contributed by atoms with Crippen molar-refractivity contribution in [3.05, 3.63) is 24.3 Å². The summed E-state index contributed by atoms with van der Waals surface area (Å²) in [7, 11) is -3.47. The fraction of sp³-hybridized carbons (Fsp3) is 0.625. The molecule has 0 aliphatic carbocycles. The number of piperidine rings is 1. The quantitative estimate of drug-likeness (QED) is 0.816. The monoisotopic (exact) mass is 362 g/mol. The van der Waals surface area contributed by atoms with Crippen LogP contribution in [0.5, 0.6) is 5.75 Å². The predicted octanol–water partition coefficient (Wildman–Crippen LogP) is 2.56. The molecular weight excluding hydrogens is 336 g/mol. The van der Waals surface area contributed by atoms with Crippen LogP contribution < -0.4 is 14.8 Å². The van der Waals surface area contributed by atoms with Crippen LogP contribution in [0.15, 0.2) is 29.2 Å². The molecule has 0 unspecified atom stereocenters. The van der Waals surface area contributed by atoms with Gasteiger partial charge < -0.3 is 10.1 Å². The zero-order valence-corrected chi connectivity index (χ0v) is 15.6. The molecule has 1 fully saturated rings. The largest absolute Gasteiger partial charge is 0.491 e. The second kappa shape index (κ2) is 8.33. The third kappa shape index (κ3) is 5.95. The highest BCUT2D eigenvalue weighted by molar-refractivity contribution is 7.89. The minimum Gasteiger partial charge on any atom is -0.491 e. The standard InChI is InChI=1S/C16H26N2O3S.ClH/c1-13(2)21-14-4-6-15(7-5-14)22(19,20)18-12-16(3)8-10-17-11-9-16;/h4-7,13,17-18H,8-12H2,1-3H3;1H. The molecule has 0 spiro atoms. The number of hydrogen-bond acceptors (Lipinski definition) is 4.